The second-order valence-corrected chi connectivity index (χ2v) is 5.32. The van der Waals surface area contributed by atoms with Crippen molar-refractivity contribution in [3.05, 3.63) is 35.6 Å². The smallest absolute Gasteiger partial charge is 0.309 e. The van der Waals surface area contributed by atoms with Crippen LogP contribution in [0.1, 0.15) is 25.3 Å². The average Bonchev–Trinajstić information content (AvgIpc) is 2.49. The van der Waals surface area contributed by atoms with Crippen molar-refractivity contribution in [2.45, 2.75) is 26.2 Å². The maximum atomic E-state index is 12.8. The topological polar surface area (TPSA) is 46.6 Å². The fourth-order valence-corrected chi connectivity index (χ4v) is 2.47. The van der Waals surface area contributed by atoms with E-state index in [1.54, 1.807) is 24.0 Å². The number of likely N-dealkylation sites (tertiary alicyclic amines) is 1. The van der Waals surface area contributed by atoms with Gasteiger partial charge < -0.3 is 9.64 Å². The van der Waals surface area contributed by atoms with Crippen LogP contribution in [0.2, 0.25) is 0 Å². The zero-order valence-corrected chi connectivity index (χ0v) is 12.2. The van der Waals surface area contributed by atoms with Crippen LogP contribution in [0.4, 0.5) is 4.39 Å². The minimum absolute atomic E-state index is 0.0538. The molecule has 1 aromatic rings. The van der Waals surface area contributed by atoms with E-state index in [9.17, 15) is 14.0 Å². The number of hydrogen-bond acceptors (Lipinski definition) is 3. The van der Waals surface area contributed by atoms with Gasteiger partial charge in [-0.15, -0.1) is 0 Å². The number of benzene rings is 1. The standard InChI is InChI=1S/C16H20FNO3/c1-12(19)18-9-6-14(7-10-18)16(20)21-11-8-13-2-4-15(17)5-3-13/h2-5,14H,6-11H2,1H3. The average molecular weight is 293 g/mol. The molecular weight excluding hydrogens is 273 g/mol. The van der Waals surface area contributed by atoms with Gasteiger partial charge in [-0.2, -0.15) is 0 Å². The molecule has 1 aliphatic rings. The molecule has 1 fully saturated rings. The Morgan fingerprint density at radius 2 is 1.86 bits per heavy atom. The molecule has 1 aromatic carbocycles. The van der Waals surface area contributed by atoms with Gasteiger partial charge in [0.25, 0.3) is 0 Å². The molecule has 5 heteroatoms. The highest BCUT2D eigenvalue weighted by Gasteiger charge is 2.26. The van der Waals surface area contributed by atoms with E-state index in [0.717, 1.165) is 5.56 Å². The van der Waals surface area contributed by atoms with Crippen LogP contribution in [0.25, 0.3) is 0 Å². The molecule has 0 atom stereocenters. The SMILES string of the molecule is CC(=O)N1CCC(C(=O)OCCc2ccc(F)cc2)CC1. The molecule has 0 N–H and O–H groups in total. The summed E-state index contributed by atoms with van der Waals surface area (Å²) in [5, 5.41) is 0. The maximum Gasteiger partial charge on any atom is 0.309 e. The van der Waals surface area contributed by atoms with Crippen molar-refractivity contribution in [1.82, 2.24) is 4.90 Å². The quantitative estimate of drug-likeness (QED) is 0.799. The number of halogens is 1. The Kier molecular flexibility index (Phi) is 5.31. The highest BCUT2D eigenvalue weighted by Crippen LogP contribution is 2.18. The van der Waals surface area contributed by atoms with Crippen molar-refractivity contribution in [3.63, 3.8) is 0 Å². The van der Waals surface area contributed by atoms with E-state index in [4.69, 9.17) is 4.74 Å². The fraction of sp³-hybridized carbons (Fsp3) is 0.500. The van der Waals surface area contributed by atoms with Gasteiger partial charge in [-0.3, -0.25) is 9.59 Å². The number of esters is 1. The first kappa shape index (κ1) is 15.5. The molecule has 114 valence electrons. The molecule has 4 nitrogen and oxygen atoms in total. The van der Waals surface area contributed by atoms with Crippen LogP contribution in [0.3, 0.4) is 0 Å². The number of nitrogens with zero attached hydrogens (tertiary/aromatic N) is 1. The number of carbonyl (C=O) groups is 2. The summed E-state index contributed by atoms with van der Waals surface area (Å²) in [6.07, 6.45) is 1.90. The lowest BCUT2D eigenvalue weighted by atomic mass is 9.97. The Labute approximate surface area is 123 Å². The summed E-state index contributed by atoms with van der Waals surface area (Å²) in [5.74, 6) is -0.528. The third-order valence-corrected chi connectivity index (χ3v) is 3.82. The van der Waals surface area contributed by atoms with Gasteiger partial charge in [0.05, 0.1) is 12.5 Å². The lowest BCUT2D eigenvalue weighted by Gasteiger charge is -2.30. The molecule has 1 heterocycles. The third kappa shape index (κ3) is 4.55. The minimum Gasteiger partial charge on any atom is -0.465 e. The van der Waals surface area contributed by atoms with Gasteiger partial charge in [0.1, 0.15) is 5.82 Å². The molecule has 0 spiro atoms. The monoisotopic (exact) mass is 293 g/mol. The van der Waals surface area contributed by atoms with Gasteiger partial charge in [-0.25, -0.2) is 4.39 Å². The second-order valence-electron chi connectivity index (χ2n) is 5.32. The van der Waals surface area contributed by atoms with Gasteiger partial charge >= 0.3 is 5.97 Å². The van der Waals surface area contributed by atoms with E-state index in [1.165, 1.54) is 12.1 Å². The van der Waals surface area contributed by atoms with Gasteiger partial charge in [-0.1, -0.05) is 12.1 Å². The van der Waals surface area contributed by atoms with Crippen molar-refractivity contribution in [1.29, 1.82) is 0 Å². The number of ether oxygens (including phenoxy) is 1. The van der Waals surface area contributed by atoms with Crippen molar-refractivity contribution < 1.29 is 18.7 Å². The Morgan fingerprint density at radius 3 is 2.43 bits per heavy atom. The molecule has 0 aromatic heterocycles. The van der Waals surface area contributed by atoms with Gasteiger partial charge in [-0.05, 0) is 30.5 Å². The lowest BCUT2D eigenvalue weighted by molar-refractivity contribution is -0.151. The molecule has 2 rings (SSSR count). The molecule has 0 bridgehead atoms. The largest absolute Gasteiger partial charge is 0.465 e. The maximum absolute atomic E-state index is 12.8. The van der Waals surface area contributed by atoms with Crippen molar-refractivity contribution in [3.8, 4) is 0 Å². The van der Waals surface area contributed by atoms with E-state index in [2.05, 4.69) is 0 Å². The first-order chi connectivity index (χ1) is 10.1. The van der Waals surface area contributed by atoms with E-state index in [0.29, 0.717) is 39.0 Å². The van der Waals surface area contributed by atoms with Gasteiger partial charge in [0.15, 0.2) is 0 Å². The zero-order valence-electron chi connectivity index (χ0n) is 12.2. The van der Waals surface area contributed by atoms with Crippen LogP contribution in [-0.2, 0) is 20.7 Å². The minimum atomic E-state index is -0.270. The summed E-state index contributed by atoms with van der Waals surface area (Å²) in [6, 6.07) is 6.17. The third-order valence-electron chi connectivity index (χ3n) is 3.82. The molecule has 1 saturated heterocycles. The molecule has 1 aliphatic heterocycles. The Hall–Kier alpha value is -1.91. The van der Waals surface area contributed by atoms with Gasteiger partial charge in [0, 0.05) is 26.4 Å². The molecule has 21 heavy (non-hydrogen) atoms. The first-order valence-electron chi connectivity index (χ1n) is 7.23. The van der Waals surface area contributed by atoms with Crippen molar-refractivity contribution in [2.24, 2.45) is 5.92 Å². The number of carbonyl (C=O) groups excluding carboxylic acids is 2. The van der Waals surface area contributed by atoms with Crippen LogP contribution in [0.5, 0.6) is 0 Å². The lowest BCUT2D eigenvalue weighted by Crippen LogP contribution is -2.39. The zero-order chi connectivity index (χ0) is 15.2. The Morgan fingerprint density at radius 1 is 1.24 bits per heavy atom. The number of hydrogen-bond donors (Lipinski definition) is 0. The summed E-state index contributed by atoms with van der Waals surface area (Å²) in [5.41, 5.74) is 0.940. The summed E-state index contributed by atoms with van der Waals surface area (Å²) < 4.78 is 18.0. The predicted octanol–water partition coefficient (Wildman–Crippen LogP) is 2.17. The number of piperidine rings is 1. The summed E-state index contributed by atoms with van der Waals surface area (Å²) >= 11 is 0. The van der Waals surface area contributed by atoms with Crippen molar-refractivity contribution >= 4 is 11.9 Å². The van der Waals surface area contributed by atoms with Crippen molar-refractivity contribution in [2.75, 3.05) is 19.7 Å². The first-order valence-corrected chi connectivity index (χ1v) is 7.23. The summed E-state index contributed by atoms with van der Waals surface area (Å²) in [7, 11) is 0. The molecular formula is C16H20FNO3. The van der Waals surface area contributed by atoms with Crippen LogP contribution in [0, 0.1) is 11.7 Å². The summed E-state index contributed by atoms with van der Waals surface area (Å²) in [6.45, 7) is 3.08. The van der Waals surface area contributed by atoms with Crippen LogP contribution in [-0.4, -0.2) is 36.5 Å². The van der Waals surface area contributed by atoms with E-state index in [-0.39, 0.29) is 23.6 Å². The summed E-state index contributed by atoms with van der Waals surface area (Å²) in [4.78, 5) is 24.9. The molecule has 0 aliphatic carbocycles. The molecule has 0 saturated carbocycles. The fourth-order valence-electron chi connectivity index (χ4n) is 2.47. The highest BCUT2D eigenvalue weighted by atomic mass is 19.1. The molecule has 0 unspecified atom stereocenters. The van der Waals surface area contributed by atoms with Crippen LogP contribution < -0.4 is 0 Å². The van der Waals surface area contributed by atoms with Crippen LogP contribution >= 0.6 is 0 Å². The van der Waals surface area contributed by atoms with Crippen LogP contribution in [0.15, 0.2) is 24.3 Å². The van der Waals surface area contributed by atoms with E-state index in [1.807, 2.05) is 0 Å². The predicted molar refractivity (Wildman–Crippen MR) is 76.0 cm³/mol. The second kappa shape index (κ2) is 7.20. The molecule has 1 amide bonds. The Bertz CT molecular complexity index is 493. The van der Waals surface area contributed by atoms with E-state index < -0.39 is 0 Å². The molecule has 0 radical (unpaired) electrons. The number of rotatable bonds is 4. The number of amides is 1. The normalized spacial score (nSPS) is 15.8. The Balaban J connectivity index is 1.70. The highest BCUT2D eigenvalue weighted by molar-refractivity contribution is 5.75. The van der Waals surface area contributed by atoms with Gasteiger partial charge in [0.2, 0.25) is 5.91 Å². The van der Waals surface area contributed by atoms with E-state index >= 15 is 0 Å².